The van der Waals surface area contributed by atoms with Gasteiger partial charge in [0.2, 0.25) is 0 Å². The molecular weight excluding hydrogens is 464 g/mol. The molecule has 1 N–H and O–H groups in total. The number of aromatic nitrogens is 1. The van der Waals surface area contributed by atoms with Crippen LogP contribution in [0.5, 0.6) is 0 Å². The number of aryl methyl sites for hydroxylation is 1. The SMILES string of the molecule is Cn1cccc1[C@H]1CC(c2cccs2)=NN1C(=O)CN(CCN1CCOCC1)C(=O)NC(C)(C)C. The Hall–Kier alpha value is -2.69. The van der Waals surface area contributed by atoms with Crippen molar-refractivity contribution in [3.63, 3.8) is 0 Å². The molecular formula is C25H36N6O3S. The first kappa shape index (κ1) is 25.4. The van der Waals surface area contributed by atoms with E-state index in [0.717, 1.165) is 29.4 Å². The minimum atomic E-state index is -0.402. The van der Waals surface area contributed by atoms with E-state index >= 15 is 0 Å². The molecule has 1 fully saturated rings. The number of hydrazone groups is 1. The van der Waals surface area contributed by atoms with Gasteiger partial charge in [-0.3, -0.25) is 9.69 Å². The Morgan fingerprint density at radius 3 is 2.63 bits per heavy atom. The predicted molar refractivity (Wildman–Crippen MR) is 138 cm³/mol. The molecule has 0 unspecified atom stereocenters. The maximum atomic E-state index is 13.7. The Bertz CT molecular complexity index is 1040. The summed E-state index contributed by atoms with van der Waals surface area (Å²) in [4.78, 5) is 31.8. The van der Waals surface area contributed by atoms with Gasteiger partial charge in [0.05, 0.1) is 23.8 Å². The van der Waals surface area contributed by atoms with Gasteiger partial charge in [-0.2, -0.15) is 5.10 Å². The number of nitrogens with one attached hydrogen (secondary N) is 1. The van der Waals surface area contributed by atoms with E-state index in [0.29, 0.717) is 32.7 Å². The van der Waals surface area contributed by atoms with Crippen LogP contribution in [0.4, 0.5) is 4.79 Å². The molecule has 0 bridgehead atoms. The highest BCUT2D eigenvalue weighted by Gasteiger charge is 2.36. The molecule has 9 nitrogen and oxygen atoms in total. The highest BCUT2D eigenvalue weighted by molar-refractivity contribution is 7.12. The highest BCUT2D eigenvalue weighted by Crippen LogP contribution is 2.34. The summed E-state index contributed by atoms with van der Waals surface area (Å²) in [6.45, 7) is 9.99. The first-order valence-electron chi connectivity index (χ1n) is 12.1. The minimum absolute atomic E-state index is 0.0333. The third-order valence-electron chi connectivity index (χ3n) is 6.18. The number of urea groups is 1. The van der Waals surface area contributed by atoms with Gasteiger partial charge in [0.1, 0.15) is 12.6 Å². The van der Waals surface area contributed by atoms with Gasteiger partial charge in [0.15, 0.2) is 0 Å². The van der Waals surface area contributed by atoms with Crippen molar-refractivity contribution < 1.29 is 14.3 Å². The molecule has 4 rings (SSSR count). The summed E-state index contributed by atoms with van der Waals surface area (Å²) < 4.78 is 7.47. The van der Waals surface area contributed by atoms with Crippen molar-refractivity contribution in [2.45, 2.75) is 38.8 Å². The first-order chi connectivity index (χ1) is 16.7. The lowest BCUT2D eigenvalue weighted by molar-refractivity contribution is -0.133. The number of carbonyl (C=O) groups excluding carboxylic acids is 2. The Morgan fingerprint density at radius 2 is 2.00 bits per heavy atom. The summed E-state index contributed by atoms with van der Waals surface area (Å²) in [6, 6.07) is 7.59. The largest absolute Gasteiger partial charge is 0.379 e. The third kappa shape index (κ3) is 6.50. The fourth-order valence-electron chi connectivity index (χ4n) is 4.36. The highest BCUT2D eigenvalue weighted by atomic mass is 32.1. The van der Waals surface area contributed by atoms with E-state index in [1.54, 1.807) is 21.2 Å². The second-order valence-electron chi connectivity index (χ2n) is 10.1. The van der Waals surface area contributed by atoms with Crippen LogP contribution in [0.15, 0.2) is 40.9 Å². The van der Waals surface area contributed by atoms with E-state index in [1.807, 2.05) is 68.2 Å². The quantitative estimate of drug-likeness (QED) is 0.634. The zero-order valence-electron chi connectivity index (χ0n) is 21.1. The molecule has 35 heavy (non-hydrogen) atoms. The first-order valence-corrected chi connectivity index (χ1v) is 13.0. The Morgan fingerprint density at radius 1 is 1.23 bits per heavy atom. The molecule has 4 heterocycles. The van der Waals surface area contributed by atoms with Gasteiger partial charge >= 0.3 is 6.03 Å². The Labute approximate surface area is 211 Å². The molecule has 3 amide bonds. The molecule has 10 heteroatoms. The van der Waals surface area contributed by atoms with Gasteiger partial charge in [-0.1, -0.05) is 6.07 Å². The average Bonchev–Trinajstić information content (AvgIpc) is 3.56. The number of carbonyl (C=O) groups is 2. The number of rotatable bonds is 7. The van der Waals surface area contributed by atoms with Crippen molar-refractivity contribution in [2.75, 3.05) is 45.9 Å². The maximum Gasteiger partial charge on any atom is 0.318 e. The van der Waals surface area contributed by atoms with Crippen LogP contribution in [0.2, 0.25) is 0 Å². The normalized spacial score (nSPS) is 19.0. The molecule has 0 saturated carbocycles. The van der Waals surface area contributed by atoms with Crippen LogP contribution in [-0.2, 0) is 16.6 Å². The molecule has 0 aliphatic carbocycles. The lowest BCUT2D eigenvalue weighted by Gasteiger charge is -2.32. The second kappa shape index (κ2) is 10.9. The topological polar surface area (TPSA) is 82.4 Å². The fourth-order valence-corrected chi connectivity index (χ4v) is 5.08. The number of hydrogen-bond donors (Lipinski definition) is 1. The Balaban J connectivity index is 1.53. The van der Waals surface area contributed by atoms with Gasteiger partial charge in [0, 0.05) is 57.1 Å². The molecule has 2 aromatic heterocycles. The maximum absolute atomic E-state index is 13.7. The molecule has 1 saturated heterocycles. The van der Waals surface area contributed by atoms with Crippen molar-refractivity contribution >= 4 is 29.0 Å². The van der Waals surface area contributed by atoms with Gasteiger partial charge in [0.25, 0.3) is 5.91 Å². The average molecular weight is 501 g/mol. The molecule has 2 aliphatic rings. The lowest BCUT2D eigenvalue weighted by atomic mass is 10.1. The van der Waals surface area contributed by atoms with Crippen LogP contribution >= 0.6 is 11.3 Å². The zero-order valence-corrected chi connectivity index (χ0v) is 21.9. The van der Waals surface area contributed by atoms with E-state index in [-0.39, 0.29) is 24.5 Å². The molecule has 0 spiro atoms. The summed E-state index contributed by atoms with van der Waals surface area (Å²) in [6.07, 6.45) is 2.62. The second-order valence-corrected chi connectivity index (χ2v) is 11.0. The van der Waals surface area contributed by atoms with Crippen LogP contribution in [-0.4, -0.2) is 88.5 Å². The van der Waals surface area contributed by atoms with Crippen molar-refractivity contribution in [1.29, 1.82) is 0 Å². The van der Waals surface area contributed by atoms with Gasteiger partial charge < -0.3 is 19.5 Å². The van der Waals surface area contributed by atoms with Gasteiger partial charge in [-0.25, -0.2) is 9.80 Å². The number of ether oxygens (including phenoxy) is 1. The molecule has 1 atom stereocenters. The lowest BCUT2D eigenvalue weighted by Crippen LogP contribution is -2.53. The van der Waals surface area contributed by atoms with Crippen LogP contribution in [0, 0.1) is 0 Å². The van der Waals surface area contributed by atoms with Crippen molar-refractivity contribution in [1.82, 2.24) is 24.7 Å². The van der Waals surface area contributed by atoms with Gasteiger partial charge in [-0.05, 0) is 44.4 Å². The minimum Gasteiger partial charge on any atom is -0.379 e. The number of hydrogen-bond acceptors (Lipinski definition) is 6. The zero-order chi connectivity index (χ0) is 25.0. The van der Waals surface area contributed by atoms with E-state index in [2.05, 4.69) is 10.2 Å². The smallest absolute Gasteiger partial charge is 0.318 e. The summed E-state index contributed by atoms with van der Waals surface area (Å²) in [5, 5.41) is 11.4. The fraction of sp³-hybridized carbons (Fsp3) is 0.560. The Kier molecular flexibility index (Phi) is 7.93. The van der Waals surface area contributed by atoms with Crippen molar-refractivity contribution in [3.05, 3.63) is 46.4 Å². The van der Waals surface area contributed by atoms with Crippen LogP contribution in [0.3, 0.4) is 0 Å². The number of amides is 3. The van der Waals surface area contributed by atoms with Crippen molar-refractivity contribution in [2.24, 2.45) is 12.1 Å². The molecule has 190 valence electrons. The summed E-state index contributed by atoms with van der Waals surface area (Å²) in [5.41, 5.74) is 1.52. The van der Waals surface area contributed by atoms with E-state index in [9.17, 15) is 9.59 Å². The molecule has 2 aromatic rings. The molecule has 0 radical (unpaired) electrons. The predicted octanol–water partition coefficient (Wildman–Crippen LogP) is 2.91. The molecule has 2 aliphatic heterocycles. The standard InChI is InChI=1S/C25H36N6O3S/c1-25(2,3)26-24(33)30(11-10-29-12-14-34-15-13-29)18-23(32)31-21(20-7-5-9-28(20)4)17-19(27-31)22-8-6-16-35-22/h5-9,16,21H,10-15,17-18H2,1-4H3,(H,26,33)/t21-/m1/s1. The van der Waals surface area contributed by atoms with Crippen LogP contribution in [0.25, 0.3) is 0 Å². The van der Waals surface area contributed by atoms with Crippen molar-refractivity contribution in [3.8, 4) is 0 Å². The van der Waals surface area contributed by atoms with Crippen LogP contribution in [0.1, 0.15) is 43.8 Å². The number of morpholine rings is 1. The third-order valence-corrected chi connectivity index (χ3v) is 7.10. The number of thiophene rings is 1. The summed E-state index contributed by atoms with van der Waals surface area (Å²) in [5.74, 6) is -0.186. The van der Waals surface area contributed by atoms with E-state index in [4.69, 9.17) is 9.84 Å². The summed E-state index contributed by atoms with van der Waals surface area (Å²) >= 11 is 1.62. The summed E-state index contributed by atoms with van der Waals surface area (Å²) in [7, 11) is 1.98. The van der Waals surface area contributed by atoms with E-state index in [1.165, 1.54) is 0 Å². The van der Waals surface area contributed by atoms with Gasteiger partial charge in [-0.15, -0.1) is 11.3 Å². The number of nitrogens with zero attached hydrogens (tertiary/aromatic N) is 5. The van der Waals surface area contributed by atoms with Crippen LogP contribution < -0.4 is 5.32 Å². The monoisotopic (exact) mass is 500 g/mol. The van der Waals surface area contributed by atoms with E-state index < -0.39 is 5.54 Å². The molecule has 0 aromatic carbocycles.